The lowest BCUT2D eigenvalue weighted by Crippen LogP contribution is -2.35. The summed E-state index contributed by atoms with van der Waals surface area (Å²) >= 11 is 6.83. The summed E-state index contributed by atoms with van der Waals surface area (Å²) in [5.74, 6) is 0. The molecule has 0 amide bonds. The van der Waals surface area contributed by atoms with Crippen LogP contribution in [0.25, 0.3) is 0 Å². The van der Waals surface area contributed by atoms with Crippen molar-refractivity contribution in [1.82, 2.24) is 15.6 Å². The van der Waals surface area contributed by atoms with Gasteiger partial charge < -0.3 is 10.6 Å². The molecule has 0 spiro atoms. The van der Waals surface area contributed by atoms with Gasteiger partial charge in [0, 0.05) is 17.6 Å². The lowest BCUT2D eigenvalue weighted by atomic mass is 10.3. The zero-order chi connectivity index (χ0) is 11.1. The van der Waals surface area contributed by atoms with Gasteiger partial charge in [-0.3, -0.25) is 0 Å². The molecule has 0 bridgehead atoms. The molecule has 0 saturated carbocycles. The first-order chi connectivity index (χ1) is 7.22. The highest BCUT2D eigenvalue weighted by molar-refractivity contribution is 7.80. The van der Waals surface area contributed by atoms with E-state index < -0.39 is 0 Å². The molecule has 0 aliphatic rings. The van der Waals surface area contributed by atoms with E-state index in [1.165, 1.54) is 11.3 Å². The largest absolute Gasteiger partial charge is 0.363 e. The molecule has 0 saturated heterocycles. The summed E-state index contributed by atoms with van der Waals surface area (Å²) in [4.78, 5) is 5.40. The summed E-state index contributed by atoms with van der Waals surface area (Å²) in [5, 5.41) is 8.15. The van der Waals surface area contributed by atoms with Crippen molar-refractivity contribution >= 4 is 28.7 Å². The Kier molecular flexibility index (Phi) is 5.57. The van der Waals surface area contributed by atoms with Gasteiger partial charge in [0.2, 0.25) is 0 Å². The fourth-order valence-corrected chi connectivity index (χ4v) is 2.00. The van der Waals surface area contributed by atoms with Gasteiger partial charge in [-0.2, -0.15) is 0 Å². The van der Waals surface area contributed by atoms with Gasteiger partial charge in [0.05, 0.1) is 11.6 Å². The molecular formula is C10H17N3S2. The van der Waals surface area contributed by atoms with Crippen molar-refractivity contribution in [1.29, 1.82) is 0 Å². The maximum Gasteiger partial charge on any atom is 0.166 e. The van der Waals surface area contributed by atoms with Crippen LogP contribution in [0.4, 0.5) is 0 Å². The smallest absolute Gasteiger partial charge is 0.166 e. The molecule has 1 aromatic heterocycles. The summed E-state index contributed by atoms with van der Waals surface area (Å²) in [7, 11) is 0. The zero-order valence-corrected chi connectivity index (χ0v) is 10.8. The van der Waals surface area contributed by atoms with E-state index in [2.05, 4.69) is 22.5 Å². The Balaban J connectivity index is 2.16. The molecule has 0 fully saturated rings. The molecule has 0 aliphatic heterocycles. The molecule has 3 nitrogen and oxygen atoms in total. The van der Waals surface area contributed by atoms with E-state index in [1.807, 2.05) is 13.1 Å². The van der Waals surface area contributed by atoms with Crippen LogP contribution in [0.3, 0.4) is 0 Å². The van der Waals surface area contributed by atoms with E-state index in [0.717, 1.165) is 29.6 Å². The van der Waals surface area contributed by atoms with Crippen LogP contribution in [0.1, 0.15) is 29.7 Å². The Morgan fingerprint density at radius 2 is 2.33 bits per heavy atom. The molecule has 0 aliphatic carbocycles. The topological polar surface area (TPSA) is 37.0 Å². The summed E-state index contributed by atoms with van der Waals surface area (Å²) in [6.07, 6.45) is 4.23. The highest BCUT2D eigenvalue weighted by atomic mass is 32.1. The van der Waals surface area contributed by atoms with Gasteiger partial charge >= 0.3 is 0 Å². The van der Waals surface area contributed by atoms with Crippen molar-refractivity contribution in [3.63, 3.8) is 0 Å². The van der Waals surface area contributed by atoms with Crippen molar-refractivity contribution in [2.75, 3.05) is 6.54 Å². The Morgan fingerprint density at radius 3 is 2.93 bits per heavy atom. The molecular weight excluding hydrogens is 226 g/mol. The van der Waals surface area contributed by atoms with Crippen LogP contribution < -0.4 is 10.6 Å². The highest BCUT2D eigenvalue weighted by Crippen LogP contribution is 2.10. The van der Waals surface area contributed by atoms with Gasteiger partial charge in [-0.25, -0.2) is 4.98 Å². The minimum Gasteiger partial charge on any atom is -0.363 e. The molecule has 84 valence electrons. The number of hydrogen-bond acceptors (Lipinski definition) is 3. The fourth-order valence-electron chi connectivity index (χ4n) is 1.10. The van der Waals surface area contributed by atoms with Gasteiger partial charge in [-0.15, -0.1) is 11.3 Å². The van der Waals surface area contributed by atoms with E-state index in [-0.39, 0.29) is 0 Å². The number of unbranched alkanes of at least 4 members (excludes halogenated alkanes) is 1. The van der Waals surface area contributed by atoms with Gasteiger partial charge in [0.15, 0.2) is 5.11 Å². The number of nitrogens with one attached hydrogen (secondary N) is 2. The molecule has 2 N–H and O–H groups in total. The monoisotopic (exact) mass is 243 g/mol. The van der Waals surface area contributed by atoms with E-state index in [4.69, 9.17) is 12.2 Å². The Hall–Kier alpha value is -0.680. The summed E-state index contributed by atoms with van der Waals surface area (Å²) in [5.41, 5.74) is 0. The van der Waals surface area contributed by atoms with Crippen molar-refractivity contribution in [2.45, 2.75) is 33.2 Å². The van der Waals surface area contributed by atoms with Crippen LogP contribution in [0.2, 0.25) is 0 Å². The summed E-state index contributed by atoms with van der Waals surface area (Å²) in [6.45, 7) is 5.89. The minimum atomic E-state index is 0.731. The van der Waals surface area contributed by atoms with Gasteiger partial charge in [0.1, 0.15) is 0 Å². The first-order valence-electron chi connectivity index (χ1n) is 5.15. The Bertz CT molecular complexity index is 309. The van der Waals surface area contributed by atoms with Crippen molar-refractivity contribution in [3.05, 3.63) is 16.1 Å². The normalized spacial score (nSPS) is 10.0. The zero-order valence-electron chi connectivity index (χ0n) is 9.17. The first kappa shape index (κ1) is 12.4. The second-order valence-electron chi connectivity index (χ2n) is 3.31. The van der Waals surface area contributed by atoms with Crippen LogP contribution in [0, 0.1) is 6.92 Å². The van der Waals surface area contributed by atoms with Gasteiger partial charge in [-0.05, 0) is 25.6 Å². The fraction of sp³-hybridized carbons (Fsp3) is 0.600. The Labute approximate surface area is 100 Å². The average molecular weight is 243 g/mol. The van der Waals surface area contributed by atoms with Gasteiger partial charge in [-0.1, -0.05) is 13.3 Å². The second-order valence-corrected chi connectivity index (χ2v) is 5.04. The number of thiocarbonyl (C=S) groups is 1. The van der Waals surface area contributed by atoms with Crippen LogP contribution in [0.5, 0.6) is 0 Å². The first-order valence-corrected chi connectivity index (χ1v) is 6.38. The SMILES string of the molecule is CCCCNC(=S)NCc1cnc(C)s1. The van der Waals surface area contributed by atoms with Crippen molar-refractivity contribution < 1.29 is 0 Å². The summed E-state index contributed by atoms with van der Waals surface area (Å²) < 4.78 is 0. The number of hydrogen-bond donors (Lipinski definition) is 2. The number of thiazole rings is 1. The molecule has 0 atom stereocenters. The number of nitrogens with zero attached hydrogens (tertiary/aromatic N) is 1. The predicted molar refractivity (Wildman–Crippen MR) is 69.2 cm³/mol. The van der Waals surface area contributed by atoms with E-state index in [0.29, 0.717) is 0 Å². The van der Waals surface area contributed by atoms with Crippen molar-refractivity contribution in [2.24, 2.45) is 0 Å². The van der Waals surface area contributed by atoms with Crippen LogP contribution in [-0.2, 0) is 6.54 Å². The molecule has 5 heteroatoms. The third kappa shape index (κ3) is 5.09. The molecule has 1 heterocycles. The van der Waals surface area contributed by atoms with Crippen LogP contribution in [0.15, 0.2) is 6.20 Å². The standard InChI is InChI=1S/C10H17N3S2/c1-3-4-5-11-10(14)13-7-9-6-12-8(2)15-9/h6H,3-5,7H2,1-2H3,(H2,11,13,14). The second kappa shape index (κ2) is 6.74. The third-order valence-corrected chi connectivity index (χ3v) is 3.11. The molecule has 1 rings (SSSR count). The molecule has 15 heavy (non-hydrogen) atoms. The van der Waals surface area contributed by atoms with Crippen molar-refractivity contribution in [3.8, 4) is 0 Å². The number of aromatic nitrogens is 1. The summed E-state index contributed by atoms with van der Waals surface area (Å²) in [6, 6.07) is 0. The quantitative estimate of drug-likeness (QED) is 0.614. The minimum absolute atomic E-state index is 0.731. The molecule has 0 radical (unpaired) electrons. The van der Waals surface area contributed by atoms with E-state index in [1.54, 1.807) is 11.3 Å². The number of rotatable bonds is 5. The number of aryl methyl sites for hydroxylation is 1. The van der Waals surface area contributed by atoms with E-state index in [9.17, 15) is 0 Å². The van der Waals surface area contributed by atoms with Crippen LogP contribution >= 0.6 is 23.6 Å². The lowest BCUT2D eigenvalue weighted by molar-refractivity contribution is 0.740. The molecule has 0 aromatic carbocycles. The van der Waals surface area contributed by atoms with Crippen LogP contribution in [-0.4, -0.2) is 16.6 Å². The van der Waals surface area contributed by atoms with Gasteiger partial charge in [0.25, 0.3) is 0 Å². The Morgan fingerprint density at radius 1 is 1.53 bits per heavy atom. The third-order valence-electron chi connectivity index (χ3n) is 1.91. The molecule has 1 aromatic rings. The maximum absolute atomic E-state index is 5.14. The lowest BCUT2D eigenvalue weighted by Gasteiger charge is -2.08. The predicted octanol–water partition coefficient (Wildman–Crippen LogP) is 2.22. The van der Waals surface area contributed by atoms with E-state index >= 15 is 0 Å². The molecule has 0 unspecified atom stereocenters. The maximum atomic E-state index is 5.14. The average Bonchev–Trinajstić information content (AvgIpc) is 2.62. The highest BCUT2D eigenvalue weighted by Gasteiger charge is 1.99.